The standard InChI is InChI=1S/C26H29N5OS3/c1-16-22(27-24(34-16)30-9-5-4-6-10-30)8-7-17-12-20(33-3)13-18-11-19(14-21(17)18)23-15-31-25(28-23)35-26(29-31)32-2/h12-15H,4-11H2,1-3H3. The summed E-state index contributed by atoms with van der Waals surface area (Å²) in [4.78, 5) is 15.9. The van der Waals surface area contributed by atoms with Gasteiger partial charge in [-0.15, -0.1) is 28.2 Å². The second-order valence-electron chi connectivity index (χ2n) is 9.18. The predicted octanol–water partition coefficient (Wildman–Crippen LogP) is 6.16. The smallest absolute Gasteiger partial charge is 0.294 e. The van der Waals surface area contributed by atoms with Gasteiger partial charge in [-0.2, -0.15) is 0 Å². The van der Waals surface area contributed by atoms with Crippen molar-refractivity contribution in [2.45, 2.75) is 50.3 Å². The predicted molar refractivity (Wildman–Crippen MR) is 148 cm³/mol. The van der Waals surface area contributed by atoms with Gasteiger partial charge in [0.2, 0.25) is 4.96 Å². The van der Waals surface area contributed by atoms with Crippen LogP contribution in [0.4, 0.5) is 5.13 Å². The van der Waals surface area contributed by atoms with E-state index in [0.29, 0.717) is 5.19 Å². The van der Waals surface area contributed by atoms with Gasteiger partial charge in [0.15, 0.2) is 5.13 Å². The first-order chi connectivity index (χ1) is 17.1. The molecule has 6 rings (SSSR count). The molecule has 0 unspecified atom stereocenters. The Kier molecular flexibility index (Phi) is 6.32. The van der Waals surface area contributed by atoms with Crippen LogP contribution in [0.15, 0.2) is 23.2 Å². The number of hydrogen-bond acceptors (Lipinski definition) is 8. The van der Waals surface area contributed by atoms with Crippen molar-refractivity contribution in [3.63, 3.8) is 0 Å². The number of fused-ring (bicyclic) bond motifs is 2. The number of imidazole rings is 1. The summed E-state index contributed by atoms with van der Waals surface area (Å²) in [6, 6.07) is 4.71. The second kappa shape index (κ2) is 9.59. The van der Waals surface area contributed by atoms with E-state index in [1.54, 1.807) is 7.11 Å². The van der Waals surface area contributed by atoms with Crippen LogP contribution in [0.25, 0.3) is 16.6 Å². The summed E-state index contributed by atoms with van der Waals surface area (Å²) in [5.74, 6) is 0. The highest BCUT2D eigenvalue weighted by molar-refractivity contribution is 7.98. The normalized spacial score (nSPS) is 15.6. The van der Waals surface area contributed by atoms with E-state index in [-0.39, 0.29) is 0 Å². The van der Waals surface area contributed by atoms with Crippen LogP contribution in [0, 0.1) is 6.92 Å². The van der Waals surface area contributed by atoms with Gasteiger partial charge in [-0.1, -0.05) is 0 Å². The van der Waals surface area contributed by atoms with Crippen LogP contribution in [0.5, 0.6) is 5.19 Å². The molecule has 0 atom stereocenters. The number of methoxy groups -OCH3 is 1. The summed E-state index contributed by atoms with van der Waals surface area (Å²) in [5, 5.41) is 6.28. The minimum atomic E-state index is 0.635. The molecule has 0 N–H and O–H groups in total. The molecule has 0 radical (unpaired) electrons. The highest BCUT2D eigenvalue weighted by Crippen LogP contribution is 2.37. The number of aromatic nitrogens is 4. The summed E-state index contributed by atoms with van der Waals surface area (Å²) in [5.41, 5.74) is 7.69. The van der Waals surface area contributed by atoms with E-state index in [1.165, 1.54) is 73.5 Å². The van der Waals surface area contributed by atoms with Crippen LogP contribution >= 0.6 is 34.4 Å². The van der Waals surface area contributed by atoms with Crippen molar-refractivity contribution in [1.29, 1.82) is 0 Å². The lowest BCUT2D eigenvalue weighted by molar-refractivity contribution is 0.405. The number of hydrogen-bond donors (Lipinski definition) is 0. The molecule has 1 aliphatic carbocycles. The number of piperidine rings is 1. The highest BCUT2D eigenvalue weighted by Gasteiger charge is 2.22. The third kappa shape index (κ3) is 4.49. The molecule has 4 heterocycles. The average Bonchev–Trinajstić information content (AvgIpc) is 3.64. The van der Waals surface area contributed by atoms with Gasteiger partial charge >= 0.3 is 0 Å². The van der Waals surface area contributed by atoms with Gasteiger partial charge in [0.05, 0.1) is 24.7 Å². The van der Waals surface area contributed by atoms with Crippen LogP contribution in [0.1, 0.15) is 52.2 Å². The van der Waals surface area contributed by atoms with Crippen LogP contribution in [-0.2, 0) is 19.3 Å². The first-order valence-corrected chi connectivity index (χ1v) is 15.0. The lowest BCUT2D eigenvalue weighted by atomic mass is 9.99. The number of ether oxygens (including phenoxy) is 1. The monoisotopic (exact) mass is 523 g/mol. The summed E-state index contributed by atoms with van der Waals surface area (Å²) in [6.07, 6.45) is 13.3. The molecule has 1 fully saturated rings. The average molecular weight is 524 g/mol. The van der Waals surface area contributed by atoms with Gasteiger partial charge in [-0.3, -0.25) is 0 Å². The molecule has 35 heavy (non-hydrogen) atoms. The fourth-order valence-corrected chi connectivity index (χ4v) is 7.26. The molecule has 182 valence electrons. The molecule has 0 bridgehead atoms. The zero-order chi connectivity index (χ0) is 23.9. The van der Waals surface area contributed by atoms with E-state index < -0.39 is 0 Å². The maximum Gasteiger partial charge on any atom is 0.294 e. The van der Waals surface area contributed by atoms with Gasteiger partial charge < -0.3 is 9.64 Å². The van der Waals surface area contributed by atoms with Crippen molar-refractivity contribution in [2.24, 2.45) is 0 Å². The molecule has 0 spiro atoms. The minimum Gasteiger partial charge on any atom is -0.472 e. The van der Waals surface area contributed by atoms with Crippen molar-refractivity contribution in [1.82, 2.24) is 19.6 Å². The zero-order valence-electron chi connectivity index (χ0n) is 20.3. The van der Waals surface area contributed by atoms with Crippen LogP contribution in [0.3, 0.4) is 0 Å². The Hall–Kier alpha value is -2.36. The van der Waals surface area contributed by atoms with E-state index in [0.717, 1.165) is 43.0 Å². The molecule has 4 aromatic rings. The van der Waals surface area contributed by atoms with Crippen molar-refractivity contribution in [3.8, 4) is 5.19 Å². The van der Waals surface area contributed by atoms with Gasteiger partial charge in [0.25, 0.3) is 5.19 Å². The summed E-state index contributed by atoms with van der Waals surface area (Å²) >= 11 is 5.15. The number of allylic oxidation sites excluding steroid dienone is 1. The van der Waals surface area contributed by atoms with Crippen LogP contribution in [-0.4, -0.2) is 46.0 Å². The van der Waals surface area contributed by atoms with Gasteiger partial charge in [0, 0.05) is 29.3 Å². The molecule has 9 heteroatoms. The fourth-order valence-electron chi connectivity index (χ4n) is 5.04. The number of rotatable bonds is 7. The summed E-state index contributed by atoms with van der Waals surface area (Å²) in [6.45, 7) is 4.53. The number of nitrogens with zero attached hydrogens (tertiary/aromatic N) is 5. The van der Waals surface area contributed by atoms with E-state index in [1.807, 2.05) is 33.8 Å². The number of aryl methyl sites for hydroxylation is 3. The Balaban J connectivity index is 1.25. The molecule has 6 nitrogen and oxygen atoms in total. The van der Waals surface area contributed by atoms with Crippen molar-refractivity contribution in [3.05, 3.63) is 51.3 Å². The van der Waals surface area contributed by atoms with Gasteiger partial charge in [0.1, 0.15) is 0 Å². The van der Waals surface area contributed by atoms with Gasteiger partial charge in [-0.05, 0) is 97.1 Å². The lowest BCUT2D eigenvalue weighted by Crippen LogP contribution is -2.29. The van der Waals surface area contributed by atoms with Crippen LogP contribution < -0.4 is 9.64 Å². The molecule has 2 aliphatic rings. The summed E-state index contributed by atoms with van der Waals surface area (Å²) in [7, 11) is 1.64. The Bertz CT molecular complexity index is 1380. The molecule has 0 amide bonds. The fraction of sp³-hybridized carbons (Fsp3) is 0.423. The first-order valence-electron chi connectivity index (χ1n) is 12.1. The first kappa shape index (κ1) is 23.1. The molecule has 0 saturated carbocycles. The molecule has 1 aliphatic heterocycles. The molecular weight excluding hydrogens is 495 g/mol. The Morgan fingerprint density at radius 1 is 1.09 bits per heavy atom. The Morgan fingerprint density at radius 3 is 2.71 bits per heavy atom. The van der Waals surface area contributed by atoms with E-state index in [4.69, 9.17) is 14.7 Å². The number of benzene rings is 1. The van der Waals surface area contributed by atoms with Crippen molar-refractivity contribution in [2.75, 3.05) is 31.4 Å². The zero-order valence-corrected chi connectivity index (χ0v) is 22.8. The molecule has 1 saturated heterocycles. The third-order valence-electron chi connectivity index (χ3n) is 6.93. The van der Waals surface area contributed by atoms with Crippen molar-refractivity contribution >= 4 is 56.2 Å². The van der Waals surface area contributed by atoms with E-state index in [9.17, 15) is 0 Å². The number of thioether (sulfide) groups is 1. The van der Waals surface area contributed by atoms with E-state index >= 15 is 0 Å². The van der Waals surface area contributed by atoms with Gasteiger partial charge in [-0.25, -0.2) is 14.5 Å². The third-order valence-corrected chi connectivity index (χ3v) is 9.59. The van der Waals surface area contributed by atoms with Crippen LogP contribution in [0.2, 0.25) is 0 Å². The maximum atomic E-state index is 5.25. The van der Waals surface area contributed by atoms with E-state index in [2.05, 4.69) is 41.4 Å². The highest BCUT2D eigenvalue weighted by atomic mass is 32.2. The number of anilines is 1. The SMILES string of the molecule is COc1nn2cc(C3=Cc4c(CCc5nc(N6CCCCC6)sc5C)cc(SC)cc4C3)nc2s1. The molecule has 1 aromatic carbocycles. The summed E-state index contributed by atoms with van der Waals surface area (Å²) < 4.78 is 7.07. The number of thiazole rings is 1. The molecule has 3 aromatic heterocycles. The Labute approximate surface area is 218 Å². The topological polar surface area (TPSA) is 55.6 Å². The van der Waals surface area contributed by atoms with Crippen molar-refractivity contribution < 1.29 is 4.74 Å². The minimum absolute atomic E-state index is 0.635. The molecular formula is C26H29N5OS3. The lowest BCUT2D eigenvalue weighted by Gasteiger charge is -2.25. The second-order valence-corrected chi connectivity index (χ2v) is 12.2. The Morgan fingerprint density at radius 2 is 1.94 bits per heavy atom. The largest absolute Gasteiger partial charge is 0.472 e. The quantitative estimate of drug-likeness (QED) is 0.271. The maximum absolute atomic E-state index is 5.25.